The van der Waals surface area contributed by atoms with Crippen LogP contribution in [0.5, 0.6) is 0 Å². The van der Waals surface area contributed by atoms with Crippen molar-refractivity contribution in [3.05, 3.63) is 96.9 Å². The number of aromatic amines is 2. The van der Waals surface area contributed by atoms with E-state index in [1.165, 1.54) is 14.2 Å². The maximum Gasteiger partial charge on any atom is 0.407 e. The van der Waals surface area contributed by atoms with Crippen molar-refractivity contribution >= 4 is 34.8 Å². The van der Waals surface area contributed by atoms with Crippen LogP contribution in [0, 0.1) is 29.1 Å². The maximum atomic E-state index is 13.8. The molecule has 0 aliphatic carbocycles. The van der Waals surface area contributed by atoms with E-state index in [9.17, 15) is 24.4 Å². The van der Waals surface area contributed by atoms with Crippen LogP contribution >= 0.6 is 0 Å². The van der Waals surface area contributed by atoms with Crippen LogP contribution in [0.3, 0.4) is 0 Å². The molecule has 4 amide bonds. The second-order valence-electron chi connectivity index (χ2n) is 16.3. The average molecular weight is 826 g/mol. The lowest BCUT2D eigenvalue weighted by Gasteiger charge is -2.30. The molecular weight excluding hydrogens is 775 g/mol. The highest BCUT2D eigenvalue weighted by molar-refractivity contribution is 5.91. The van der Waals surface area contributed by atoms with E-state index >= 15 is 0 Å². The largest absolute Gasteiger partial charge is 0.453 e. The molecule has 316 valence electrons. The molecule has 0 radical (unpaired) electrons. The van der Waals surface area contributed by atoms with Gasteiger partial charge in [-0.1, -0.05) is 82.8 Å². The van der Waals surface area contributed by atoms with E-state index in [4.69, 9.17) is 14.5 Å². The molecule has 2 aliphatic rings. The Kier molecular flexibility index (Phi) is 12.3. The monoisotopic (exact) mass is 825 g/mol. The van der Waals surface area contributed by atoms with Gasteiger partial charge >= 0.3 is 12.2 Å². The van der Waals surface area contributed by atoms with E-state index < -0.39 is 36.2 Å². The number of alkyl carbamates (subject to hydrolysis) is 2. The highest BCUT2D eigenvalue weighted by Gasteiger charge is 2.44. The van der Waals surface area contributed by atoms with Crippen LogP contribution in [0.1, 0.15) is 64.3 Å². The SMILES string of the molecule is C=C1[C@@H](C#N)CN(C(=O)[C@@H](NC(=O)OC)C(C)C)[C@@H]1c1ncc(-c2ccc(-c3ccc4cc(-c5cnc([C@@H]6CCCN6C(=O)[C@@H](NC(=O)OC)C(C)C)[nH]5)ccc4c3)cc2)[nH]1. The number of rotatable bonds is 11. The topological polar surface area (TPSA) is 198 Å². The molecule has 5 aromatic rings. The Morgan fingerprint density at radius 3 is 1.85 bits per heavy atom. The van der Waals surface area contributed by atoms with Crippen molar-refractivity contribution in [2.45, 2.75) is 64.7 Å². The minimum absolute atomic E-state index is 0.117. The number of nitrogens with one attached hydrogen (secondary N) is 4. The zero-order valence-corrected chi connectivity index (χ0v) is 35.2. The number of methoxy groups -OCH3 is 2. The standard InChI is InChI=1S/C46H51N9O6/c1-25(2)38(52-45(58)60-6)43(56)54-18-8-9-37(54)41-48-23-36(50-41)33-17-16-31-19-30(14-15-32(31)20-33)28-10-12-29(13-11-28)35-22-49-42(51-35)40-27(5)34(21-47)24-55(40)44(57)39(26(3)4)53-46(59)61-7/h10-17,19-20,22-23,25-26,34,37-40H,5,8-9,18,24H2,1-4,6-7H3,(H,48,50)(H,49,51)(H,52,58)(H,53,59)/t34-,37-,38-,39-,40-/m0/s1. The van der Waals surface area contributed by atoms with Crippen LogP contribution in [-0.2, 0) is 19.1 Å². The summed E-state index contributed by atoms with van der Waals surface area (Å²) in [7, 11) is 2.53. The van der Waals surface area contributed by atoms with Crippen LogP contribution in [0.25, 0.3) is 44.4 Å². The molecule has 0 unspecified atom stereocenters. The first-order chi connectivity index (χ1) is 29.3. The van der Waals surface area contributed by atoms with E-state index in [0.717, 1.165) is 57.3 Å². The second-order valence-corrected chi connectivity index (χ2v) is 16.3. The predicted molar refractivity (Wildman–Crippen MR) is 229 cm³/mol. The van der Waals surface area contributed by atoms with Gasteiger partial charge in [0.2, 0.25) is 11.8 Å². The van der Waals surface area contributed by atoms with Crippen LogP contribution in [0.15, 0.2) is 85.2 Å². The van der Waals surface area contributed by atoms with Crippen molar-refractivity contribution < 1.29 is 28.7 Å². The summed E-state index contributed by atoms with van der Waals surface area (Å²) in [5.41, 5.74) is 6.09. The number of amides is 4. The van der Waals surface area contributed by atoms with Gasteiger partial charge in [0.05, 0.1) is 56.0 Å². The Morgan fingerprint density at radius 2 is 1.26 bits per heavy atom. The molecule has 2 saturated heterocycles. The van der Waals surface area contributed by atoms with Gasteiger partial charge in [-0.15, -0.1) is 0 Å². The van der Waals surface area contributed by atoms with Gasteiger partial charge in [-0.05, 0) is 69.8 Å². The predicted octanol–water partition coefficient (Wildman–Crippen LogP) is 7.29. The first-order valence-corrected chi connectivity index (χ1v) is 20.4. The quantitative estimate of drug-likeness (QED) is 0.0988. The van der Waals surface area contributed by atoms with Crippen LogP contribution in [0.2, 0.25) is 0 Å². The van der Waals surface area contributed by atoms with E-state index in [2.05, 4.69) is 74.6 Å². The fourth-order valence-corrected chi connectivity index (χ4v) is 8.26. The number of fused-ring (bicyclic) bond motifs is 1. The molecule has 3 aromatic carbocycles. The molecule has 2 aliphatic heterocycles. The van der Waals surface area contributed by atoms with Crippen molar-refractivity contribution in [3.8, 4) is 39.7 Å². The molecule has 4 N–H and O–H groups in total. The number of hydrogen-bond donors (Lipinski definition) is 4. The van der Waals surface area contributed by atoms with Crippen molar-refractivity contribution in [1.29, 1.82) is 5.26 Å². The fourth-order valence-electron chi connectivity index (χ4n) is 8.26. The third-order valence-electron chi connectivity index (χ3n) is 11.7. The molecule has 61 heavy (non-hydrogen) atoms. The zero-order chi connectivity index (χ0) is 43.5. The van der Waals surface area contributed by atoms with E-state index in [1.807, 2.05) is 52.0 Å². The molecule has 7 rings (SSSR count). The van der Waals surface area contributed by atoms with Crippen molar-refractivity contribution in [1.82, 2.24) is 40.4 Å². The number of carbonyl (C=O) groups excluding carboxylic acids is 4. The number of hydrogen-bond acceptors (Lipinski definition) is 9. The summed E-state index contributed by atoms with van der Waals surface area (Å²) in [4.78, 5) is 71.0. The Morgan fingerprint density at radius 1 is 0.754 bits per heavy atom. The number of ether oxygens (including phenoxy) is 2. The summed E-state index contributed by atoms with van der Waals surface area (Å²) in [5.74, 6) is -0.239. The lowest BCUT2D eigenvalue weighted by Crippen LogP contribution is -2.51. The Balaban J connectivity index is 1.05. The molecule has 2 fully saturated rings. The summed E-state index contributed by atoms with van der Waals surface area (Å²) in [6, 6.07) is 20.5. The number of nitrogens with zero attached hydrogens (tertiary/aromatic N) is 5. The number of carbonyl (C=O) groups is 4. The van der Waals surface area contributed by atoms with Gasteiger partial charge in [0.1, 0.15) is 29.8 Å². The third-order valence-corrected chi connectivity index (χ3v) is 11.7. The van der Waals surface area contributed by atoms with Crippen molar-refractivity contribution in [2.24, 2.45) is 17.8 Å². The molecular formula is C46H51N9O6. The first-order valence-electron chi connectivity index (χ1n) is 20.4. The molecule has 2 aromatic heterocycles. The molecule has 0 saturated carbocycles. The van der Waals surface area contributed by atoms with Gasteiger partial charge in [0.25, 0.3) is 0 Å². The number of H-pyrrole nitrogens is 2. The number of aromatic nitrogens is 4. The van der Waals surface area contributed by atoms with Crippen molar-refractivity contribution in [3.63, 3.8) is 0 Å². The Labute approximate surface area is 354 Å². The highest BCUT2D eigenvalue weighted by atomic mass is 16.5. The summed E-state index contributed by atoms with van der Waals surface area (Å²) < 4.78 is 9.52. The Hall–Kier alpha value is -6.95. The molecule has 0 bridgehead atoms. The second kappa shape index (κ2) is 17.7. The van der Waals surface area contributed by atoms with Crippen molar-refractivity contribution in [2.75, 3.05) is 27.3 Å². The molecule has 5 atom stereocenters. The van der Waals surface area contributed by atoms with Gasteiger partial charge in [-0.25, -0.2) is 19.6 Å². The van der Waals surface area contributed by atoms with Crippen LogP contribution < -0.4 is 10.6 Å². The van der Waals surface area contributed by atoms with E-state index in [-0.39, 0.29) is 36.2 Å². The Bertz CT molecular complexity index is 2500. The molecule has 0 spiro atoms. The number of imidazole rings is 2. The van der Waals surface area contributed by atoms with Gasteiger partial charge in [-0.3, -0.25) is 9.59 Å². The number of nitriles is 1. The maximum absolute atomic E-state index is 13.8. The lowest BCUT2D eigenvalue weighted by molar-refractivity contribution is -0.136. The van der Waals surface area contributed by atoms with Gasteiger partial charge in [0.15, 0.2) is 0 Å². The van der Waals surface area contributed by atoms with Crippen LogP contribution in [-0.4, -0.2) is 93.1 Å². The normalized spacial score (nSPS) is 18.6. The minimum atomic E-state index is -0.861. The smallest absolute Gasteiger partial charge is 0.407 e. The van der Waals surface area contributed by atoms with Gasteiger partial charge in [0, 0.05) is 18.7 Å². The van der Waals surface area contributed by atoms with E-state index in [1.54, 1.807) is 22.2 Å². The molecule has 4 heterocycles. The summed E-state index contributed by atoms with van der Waals surface area (Å²) in [6.07, 6.45) is 3.77. The molecule has 15 heteroatoms. The summed E-state index contributed by atoms with van der Waals surface area (Å²) in [6.45, 7) is 12.3. The summed E-state index contributed by atoms with van der Waals surface area (Å²) in [5, 5.41) is 17.3. The molecule has 15 nitrogen and oxygen atoms in total. The lowest BCUT2D eigenvalue weighted by atomic mass is 9.98. The van der Waals surface area contributed by atoms with Crippen LogP contribution in [0.4, 0.5) is 9.59 Å². The number of likely N-dealkylation sites (tertiary alicyclic amines) is 2. The average Bonchev–Trinajstić information content (AvgIpc) is 4.10. The fraction of sp³-hybridized carbons (Fsp3) is 0.370. The third kappa shape index (κ3) is 8.57. The van der Waals surface area contributed by atoms with Gasteiger partial charge in [-0.2, -0.15) is 5.26 Å². The first kappa shape index (κ1) is 42.2. The zero-order valence-electron chi connectivity index (χ0n) is 35.2. The highest BCUT2D eigenvalue weighted by Crippen LogP contribution is 2.40. The summed E-state index contributed by atoms with van der Waals surface area (Å²) >= 11 is 0. The van der Waals surface area contributed by atoms with E-state index in [0.29, 0.717) is 23.8 Å². The van der Waals surface area contributed by atoms with Gasteiger partial charge < -0.3 is 39.9 Å². The number of benzene rings is 3. The minimum Gasteiger partial charge on any atom is -0.453 e.